The molecule has 0 rings (SSSR count). The van der Waals surface area contributed by atoms with Crippen molar-refractivity contribution in [3.05, 3.63) is 24.3 Å². The number of carbonyl (C=O) groups is 1. The molecule has 2 N–H and O–H groups in total. The molecule has 0 bridgehead atoms. The first-order chi connectivity index (χ1) is 7.37. The SMILES string of the molecule is CC=CC=CC(=O)NCC(C)(O)CN(C)C. The van der Waals surface area contributed by atoms with Crippen molar-refractivity contribution in [1.82, 2.24) is 10.2 Å². The number of likely N-dealkylation sites (N-methyl/N-ethyl adjacent to an activating group) is 1. The van der Waals surface area contributed by atoms with Crippen LogP contribution in [0.5, 0.6) is 0 Å². The molecule has 4 nitrogen and oxygen atoms in total. The summed E-state index contributed by atoms with van der Waals surface area (Å²) >= 11 is 0. The Morgan fingerprint density at radius 2 is 2.06 bits per heavy atom. The number of allylic oxidation sites excluding steroid dienone is 3. The molecule has 1 unspecified atom stereocenters. The highest BCUT2D eigenvalue weighted by atomic mass is 16.3. The lowest BCUT2D eigenvalue weighted by atomic mass is 10.1. The van der Waals surface area contributed by atoms with Crippen LogP contribution in [0.25, 0.3) is 0 Å². The maximum Gasteiger partial charge on any atom is 0.244 e. The molecule has 0 radical (unpaired) electrons. The Morgan fingerprint density at radius 3 is 2.56 bits per heavy atom. The van der Waals surface area contributed by atoms with E-state index >= 15 is 0 Å². The van der Waals surface area contributed by atoms with E-state index in [0.29, 0.717) is 6.54 Å². The van der Waals surface area contributed by atoms with Gasteiger partial charge in [0.15, 0.2) is 0 Å². The van der Waals surface area contributed by atoms with Crippen LogP contribution >= 0.6 is 0 Å². The van der Waals surface area contributed by atoms with Crippen molar-refractivity contribution in [2.45, 2.75) is 19.4 Å². The van der Waals surface area contributed by atoms with E-state index < -0.39 is 5.60 Å². The monoisotopic (exact) mass is 226 g/mol. The quantitative estimate of drug-likeness (QED) is 0.513. The van der Waals surface area contributed by atoms with Gasteiger partial charge in [0.05, 0.1) is 5.60 Å². The molecule has 0 aliphatic rings. The maximum atomic E-state index is 11.3. The van der Waals surface area contributed by atoms with Crippen LogP contribution in [0, 0.1) is 0 Å². The van der Waals surface area contributed by atoms with E-state index in [2.05, 4.69) is 5.32 Å². The molecule has 92 valence electrons. The topological polar surface area (TPSA) is 52.6 Å². The van der Waals surface area contributed by atoms with Gasteiger partial charge in [-0.25, -0.2) is 0 Å². The molecule has 0 saturated carbocycles. The molecule has 1 atom stereocenters. The minimum atomic E-state index is -0.909. The Hall–Kier alpha value is -1.13. The first-order valence-electron chi connectivity index (χ1n) is 5.32. The molecule has 0 aromatic rings. The second-order valence-electron chi connectivity index (χ2n) is 4.34. The number of hydrogen-bond donors (Lipinski definition) is 2. The van der Waals surface area contributed by atoms with Gasteiger partial charge in [-0.1, -0.05) is 18.2 Å². The zero-order valence-corrected chi connectivity index (χ0v) is 10.5. The zero-order chi connectivity index (χ0) is 12.6. The molecule has 0 spiro atoms. The summed E-state index contributed by atoms with van der Waals surface area (Å²) in [6, 6.07) is 0. The molecule has 4 heteroatoms. The van der Waals surface area contributed by atoms with Crippen molar-refractivity contribution < 1.29 is 9.90 Å². The highest BCUT2D eigenvalue weighted by Gasteiger charge is 2.21. The number of hydrogen-bond acceptors (Lipinski definition) is 3. The molecule has 0 aliphatic heterocycles. The fourth-order valence-electron chi connectivity index (χ4n) is 1.33. The first kappa shape index (κ1) is 14.9. The third-order valence-electron chi connectivity index (χ3n) is 1.85. The van der Waals surface area contributed by atoms with Gasteiger partial charge in [0.1, 0.15) is 0 Å². The predicted octanol–water partition coefficient (Wildman–Crippen LogP) is 0.547. The number of rotatable bonds is 6. The Morgan fingerprint density at radius 1 is 1.44 bits per heavy atom. The smallest absolute Gasteiger partial charge is 0.244 e. The van der Waals surface area contributed by atoms with Gasteiger partial charge >= 0.3 is 0 Å². The summed E-state index contributed by atoms with van der Waals surface area (Å²) < 4.78 is 0. The Labute approximate surface area is 97.6 Å². The van der Waals surface area contributed by atoms with Crippen LogP contribution in [-0.4, -0.2) is 48.7 Å². The van der Waals surface area contributed by atoms with Gasteiger partial charge in [-0.3, -0.25) is 4.79 Å². The van der Waals surface area contributed by atoms with Gasteiger partial charge in [-0.15, -0.1) is 0 Å². The van der Waals surface area contributed by atoms with Crippen molar-refractivity contribution in [1.29, 1.82) is 0 Å². The lowest BCUT2D eigenvalue weighted by molar-refractivity contribution is -0.117. The number of nitrogens with one attached hydrogen (secondary N) is 1. The highest BCUT2D eigenvalue weighted by molar-refractivity contribution is 5.87. The van der Waals surface area contributed by atoms with Crippen molar-refractivity contribution in [3.8, 4) is 0 Å². The maximum absolute atomic E-state index is 11.3. The average molecular weight is 226 g/mol. The minimum Gasteiger partial charge on any atom is -0.387 e. The van der Waals surface area contributed by atoms with E-state index in [4.69, 9.17) is 0 Å². The molecule has 0 heterocycles. The van der Waals surface area contributed by atoms with Crippen molar-refractivity contribution in [3.63, 3.8) is 0 Å². The zero-order valence-electron chi connectivity index (χ0n) is 10.5. The van der Waals surface area contributed by atoms with Crippen LogP contribution in [0.1, 0.15) is 13.8 Å². The summed E-state index contributed by atoms with van der Waals surface area (Å²) in [4.78, 5) is 13.2. The van der Waals surface area contributed by atoms with Crippen LogP contribution in [0.4, 0.5) is 0 Å². The number of carbonyl (C=O) groups excluding carboxylic acids is 1. The number of aliphatic hydroxyl groups is 1. The van der Waals surface area contributed by atoms with Crippen molar-refractivity contribution >= 4 is 5.91 Å². The molecule has 0 aliphatic carbocycles. The normalized spacial score (nSPS) is 15.9. The molecule has 0 fully saturated rings. The third-order valence-corrected chi connectivity index (χ3v) is 1.85. The van der Waals surface area contributed by atoms with Gasteiger partial charge in [-0.05, 0) is 27.9 Å². The van der Waals surface area contributed by atoms with Crippen LogP contribution < -0.4 is 5.32 Å². The number of nitrogens with zero attached hydrogens (tertiary/aromatic N) is 1. The highest BCUT2D eigenvalue weighted by Crippen LogP contribution is 2.02. The molecule has 0 aromatic carbocycles. The van der Waals surface area contributed by atoms with Crippen LogP contribution in [-0.2, 0) is 4.79 Å². The van der Waals surface area contributed by atoms with Gasteiger partial charge in [0.25, 0.3) is 0 Å². The summed E-state index contributed by atoms with van der Waals surface area (Å²) in [6.45, 7) is 4.32. The van der Waals surface area contributed by atoms with E-state index in [9.17, 15) is 9.90 Å². The Balaban J connectivity index is 3.99. The van der Waals surface area contributed by atoms with Gasteiger partial charge in [0.2, 0.25) is 5.91 Å². The molecule has 0 aromatic heterocycles. The van der Waals surface area contributed by atoms with Crippen LogP contribution in [0.2, 0.25) is 0 Å². The van der Waals surface area contributed by atoms with Crippen LogP contribution in [0.15, 0.2) is 24.3 Å². The van der Waals surface area contributed by atoms with Gasteiger partial charge in [0, 0.05) is 19.2 Å². The van der Waals surface area contributed by atoms with Crippen molar-refractivity contribution in [2.75, 3.05) is 27.2 Å². The minimum absolute atomic E-state index is 0.197. The summed E-state index contributed by atoms with van der Waals surface area (Å²) in [6.07, 6.45) is 6.71. The molecule has 0 saturated heterocycles. The second kappa shape index (κ2) is 7.19. The Kier molecular flexibility index (Phi) is 6.69. The summed E-state index contributed by atoms with van der Waals surface area (Å²) in [7, 11) is 3.75. The van der Waals surface area contributed by atoms with E-state index in [0.717, 1.165) is 0 Å². The van der Waals surface area contributed by atoms with Crippen molar-refractivity contribution in [2.24, 2.45) is 0 Å². The van der Waals surface area contributed by atoms with E-state index in [1.807, 2.05) is 32.0 Å². The molecular formula is C12H22N2O2. The fourth-order valence-corrected chi connectivity index (χ4v) is 1.33. The predicted molar refractivity (Wildman–Crippen MR) is 66.1 cm³/mol. The standard InChI is InChI=1S/C12H22N2O2/c1-5-6-7-8-11(15)13-9-12(2,16)10-14(3)4/h5-8,16H,9-10H2,1-4H3,(H,13,15). The molecular weight excluding hydrogens is 204 g/mol. The third kappa shape index (κ3) is 8.20. The average Bonchev–Trinajstić information content (AvgIpc) is 2.13. The molecule has 1 amide bonds. The van der Waals surface area contributed by atoms with Gasteiger partial charge < -0.3 is 15.3 Å². The summed E-state index contributed by atoms with van der Waals surface area (Å²) in [5.74, 6) is -0.197. The van der Waals surface area contributed by atoms with E-state index in [1.54, 1.807) is 19.1 Å². The molecule has 16 heavy (non-hydrogen) atoms. The second-order valence-corrected chi connectivity index (χ2v) is 4.34. The van der Waals surface area contributed by atoms with E-state index in [-0.39, 0.29) is 12.5 Å². The lowest BCUT2D eigenvalue weighted by Crippen LogP contribution is -2.46. The number of amides is 1. The van der Waals surface area contributed by atoms with E-state index in [1.165, 1.54) is 6.08 Å². The lowest BCUT2D eigenvalue weighted by Gasteiger charge is -2.26. The van der Waals surface area contributed by atoms with Crippen LogP contribution in [0.3, 0.4) is 0 Å². The Bertz CT molecular complexity index is 268. The first-order valence-corrected chi connectivity index (χ1v) is 5.32. The largest absolute Gasteiger partial charge is 0.387 e. The van der Waals surface area contributed by atoms with Gasteiger partial charge in [-0.2, -0.15) is 0 Å². The fraction of sp³-hybridized carbons (Fsp3) is 0.583. The summed E-state index contributed by atoms with van der Waals surface area (Å²) in [5, 5.41) is 12.6. The summed E-state index contributed by atoms with van der Waals surface area (Å²) in [5.41, 5.74) is -0.909.